The molecule has 0 unspecified atom stereocenters. The summed E-state index contributed by atoms with van der Waals surface area (Å²) in [4.78, 5) is 30.3. The molecule has 0 radical (unpaired) electrons. The van der Waals surface area contributed by atoms with Crippen LogP contribution in [0.3, 0.4) is 0 Å². The Hall–Kier alpha value is -1.82. The van der Waals surface area contributed by atoms with Crippen molar-refractivity contribution >= 4 is 28.6 Å². The lowest BCUT2D eigenvalue weighted by Gasteiger charge is -2.23. The molecule has 0 aliphatic heterocycles. The van der Waals surface area contributed by atoms with E-state index in [2.05, 4.69) is 19.2 Å². The van der Waals surface area contributed by atoms with Gasteiger partial charge in [0.05, 0.1) is 16.2 Å². The predicted octanol–water partition coefficient (Wildman–Crippen LogP) is 4.23. The van der Waals surface area contributed by atoms with Crippen LogP contribution in [0.5, 0.6) is 0 Å². The Kier molecular flexibility index (Phi) is 7.16. The zero-order chi connectivity index (χ0) is 20.1. The van der Waals surface area contributed by atoms with Gasteiger partial charge in [-0.2, -0.15) is 0 Å². The molecule has 28 heavy (non-hydrogen) atoms. The Labute approximate surface area is 171 Å². The summed E-state index contributed by atoms with van der Waals surface area (Å²) in [5.41, 5.74) is 0.654. The van der Waals surface area contributed by atoms with E-state index in [4.69, 9.17) is 4.98 Å². The first kappa shape index (κ1) is 20.9. The van der Waals surface area contributed by atoms with Gasteiger partial charge in [0.25, 0.3) is 5.56 Å². The first-order valence-corrected chi connectivity index (χ1v) is 11.3. The molecule has 1 amide bonds. The van der Waals surface area contributed by atoms with E-state index >= 15 is 0 Å². The van der Waals surface area contributed by atoms with Gasteiger partial charge in [0.15, 0.2) is 5.16 Å². The molecule has 6 heteroatoms. The standard InChI is InChI=1S/C22H31N3O2S/c1-15(2)14-25-21(27)18-11-7-8-12-19(18)24-22(25)28-16(3)20(26)23-13-17-9-5-4-6-10-17/h7-8,11-12,15-17H,4-6,9-10,13-14H2,1-3H3,(H,23,26)/t16-/m1/s1. The lowest BCUT2D eigenvalue weighted by atomic mass is 9.89. The molecule has 5 nitrogen and oxygen atoms in total. The summed E-state index contributed by atoms with van der Waals surface area (Å²) in [5, 5.41) is 4.06. The molecule has 0 bridgehead atoms. The first-order valence-electron chi connectivity index (χ1n) is 10.4. The number of nitrogens with one attached hydrogen (secondary N) is 1. The molecule has 1 aromatic heterocycles. The van der Waals surface area contributed by atoms with Crippen LogP contribution in [0.4, 0.5) is 0 Å². The van der Waals surface area contributed by atoms with Gasteiger partial charge in [0.1, 0.15) is 0 Å². The van der Waals surface area contributed by atoms with Crippen molar-refractivity contribution in [2.24, 2.45) is 11.8 Å². The lowest BCUT2D eigenvalue weighted by molar-refractivity contribution is -0.120. The minimum atomic E-state index is -0.296. The summed E-state index contributed by atoms with van der Waals surface area (Å²) in [6.45, 7) is 7.40. The summed E-state index contributed by atoms with van der Waals surface area (Å²) in [7, 11) is 0. The second kappa shape index (κ2) is 9.59. The van der Waals surface area contributed by atoms with Gasteiger partial charge >= 0.3 is 0 Å². The highest BCUT2D eigenvalue weighted by molar-refractivity contribution is 8.00. The molecule has 2 aromatic rings. The van der Waals surface area contributed by atoms with Gasteiger partial charge < -0.3 is 5.32 Å². The number of nitrogens with zero attached hydrogens (tertiary/aromatic N) is 2. The number of carbonyl (C=O) groups excluding carboxylic acids is 1. The summed E-state index contributed by atoms with van der Waals surface area (Å²) >= 11 is 1.38. The Morgan fingerprint density at radius 3 is 2.64 bits per heavy atom. The van der Waals surface area contributed by atoms with E-state index in [9.17, 15) is 9.59 Å². The number of fused-ring (bicyclic) bond motifs is 1. The molecular formula is C22H31N3O2S. The van der Waals surface area contributed by atoms with E-state index in [1.807, 2.05) is 31.2 Å². The Morgan fingerprint density at radius 2 is 1.93 bits per heavy atom. The Balaban J connectivity index is 1.75. The van der Waals surface area contributed by atoms with Gasteiger partial charge in [-0.05, 0) is 43.7 Å². The van der Waals surface area contributed by atoms with Crippen LogP contribution in [-0.4, -0.2) is 27.3 Å². The van der Waals surface area contributed by atoms with Crippen LogP contribution < -0.4 is 10.9 Å². The first-order chi connectivity index (χ1) is 13.5. The van der Waals surface area contributed by atoms with E-state index in [0.29, 0.717) is 34.4 Å². The number of hydrogen-bond acceptors (Lipinski definition) is 4. The fourth-order valence-electron chi connectivity index (χ4n) is 3.76. The number of para-hydroxylation sites is 1. The van der Waals surface area contributed by atoms with Crippen LogP contribution in [0, 0.1) is 11.8 Å². The minimum absolute atomic E-state index is 0.0223. The second-order valence-corrected chi connectivity index (χ2v) is 9.54. The molecule has 1 saturated carbocycles. The number of carbonyl (C=O) groups is 1. The zero-order valence-electron chi connectivity index (χ0n) is 17.1. The summed E-state index contributed by atoms with van der Waals surface area (Å²) in [6.07, 6.45) is 6.28. The van der Waals surface area contributed by atoms with Crippen molar-refractivity contribution in [1.29, 1.82) is 0 Å². The van der Waals surface area contributed by atoms with Crippen LogP contribution in [-0.2, 0) is 11.3 Å². The number of aromatic nitrogens is 2. The maximum Gasteiger partial charge on any atom is 0.262 e. The lowest BCUT2D eigenvalue weighted by Crippen LogP contribution is -2.36. The fourth-order valence-corrected chi connectivity index (χ4v) is 4.70. The van der Waals surface area contributed by atoms with Crippen molar-refractivity contribution in [3.63, 3.8) is 0 Å². The van der Waals surface area contributed by atoms with Gasteiger partial charge in [-0.25, -0.2) is 4.98 Å². The molecule has 1 heterocycles. The van der Waals surface area contributed by atoms with Crippen LogP contribution in [0.2, 0.25) is 0 Å². The Bertz CT molecular complexity index is 872. The van der Waals surface area contributed by atoms with Crippen molar-refractivity contribution in [3.05, 3.63) is 34.6 Å². The van der Waals surface area contributed by atoms with Crippen LogP contribution in [0.1, 0.15) is 52.9 Å². The van der Waals surface area contributed by atoms with E-state index in [-0.39, 0.29) is 16.7 Å². The van der Waals surface area contributed by atoms with E-state index < -0.39 is 0 Å². The number of rotatable bonds is 7. The molecule has 0 saturated heterocycles. The summed E-state index contributed by atoms with van der Waals surface area (Å²) < 4.78 is 1.72. The third-order valence-corrected chi connectivity index (χ3v) is 6.41. The van der Waals surface area contributed by atoms with Crippen LogP contribution in [0.25, 0.3) is 10.9 Å². The van der Waals surface area contributed by atoms with E-state index in [0.717, 1.165) is 6.54 Å². The van der Waals surface area contributed by atoms with Gasteiger partial charge in [0.2, 0.25) is 5.91 Å². The highest BCUT2D eigenvalue weighted by Crippen LogP contribution is 2.25. The van der Waals surface area contributed by atoms with Gasteiger partial charge in [0, 0.05) is 13.1 Å². The quantitative estimate of drug-likeness (QED) is 0.557. The third kappa shape index (κ3) is 5.16. The second-order valence-electron chi connectivity index (χ2n) is 8.23. The van der Waals surface area contributed by atoms with Gasteiger partial charge in [-0.3, -0.25) is 14.2 Å². The SMILES string of the molecule is CC(C)Cn1c(S[C@H](C)C(=O)NCC2CCCCC2)nc2ccccc2c1=O. The van der Waals surface area contributed by atoms with E-state index in [1.54, 1.807) is 4.57 Å². The molecule has 1 N–H and O–H groups in total. The van der Waals surface area contributed by atoms with Crippen molar-refractivity contribution in [1.82, 2.24) is 14.9 Å². The maximum absolute atomic E-state index is 13.0. The molecule has 1 fully saturated rings. The van der Waals surface area contributed by atoms with Crippen molar-refractivity contribution in [3.8, 4) is 0 Å². The van der Waals surface area contributed by atoms with Crippen molar-refractivity contribution in [2.45, 2.75) is 69.8 Å². The monoisotopic (exact) mass is 401 g/mol. The number of hydrogen-bond donors (Lipinski definition) is 1. The van der Waals surface area contributed by atoms with Crippen molar-refractivity contribution in [2.75, 3.05) is 6.54 Å². The average molecular weight is 402 g/mol. The van der Waals surface area contributed by atoms with Gasteiger partial charge in [-0.1, -0.05) is 57.0 Å². The average Bonchev–Trinajstić information content (AvgIpc) is 2.69. The normalized spacial score (nSPS) is 16.4. The largest absolute Gasteiger partial charge is 0.355 e. The molecule has 1 aliphatic rings. The molecule has 152 valence electrons. The van der Waals surface area contributed by atoms with E-state index in [1.165, 1.54) is 43.9 Å². The van der Waals surface area contributed by atoms with Crippen molar-refractivity contribution < 1.29 is 4.79 Å². The Morgan fingerprint density at radius 1 is 1.21 bits per heavy atom. The molecule has 3 rings (SSSR count). The summed E-state index contributed by atoms with van der Waals surface area (Å²) in [6, 6.07) is 7.42. The fraction of sp³-hybridized carbons (Fsp3) is 0.591. The zero-order valence-corrected chi connectivity index (χ0v) is 17.9. The predicted molar refractivity (Wildman–Crippen MR) is 116 cm³/mol. The smallest absolute Gasteiger partial charge is 0.262 e. The molecule has 1 aromatic carbocycles. The van der Waals surface area contributed by atoms with Crippen LogP contribution >= 0.6 is 11.8 Å². The van der Waals surface area contributed by atoms with Crippen LogP contribution in [0.15, 0.2) is 34.2 Å². The number of amides is 1. The third-order valence-electron chi connectivity index (χ3n) is 5.32. The number of benzene rings is 1. The summed E-state index contributed by atoms with van der Waals surface area (Å²) in [5.74, 6) is 0.942. The van der Waals surface area contributed by atoms with Gasteiger partial charge in [-0.15, -0.1) is 0 Å². The highest BCUT2D eigenvalue weighted by Gasteiger charge is 2.21. The molecule has 1 atom stereocenters. The molecular weight excluding hydrogens is 370 g/mol. The highest BCUT2D eigenvalue weighted by atomic mass is 32.2. The molecule has 0 spiro atoms. The topological polar surface area (TPSA) is 64.0 Å². The molecule has 1 aliphatic carbocycles. The number of thioether (sulfide) groups is 1. The maximum atomic E-state index is 13.0. The minimum Gasteiger partial charge on any atom is -0.355 e.